The van der Waals surface area contributed by atoms with E-state index in [1.165, 1.54) is 17.5 Å². The summed E-state index contributed by atoms with van der Waals surface area (Å²) in [6.07, 6.45) is 3.51. The van der Waals surface area contributed by atoms with Gasteiger partial charge in [0.15, 0.2) is 5.69 Å². The summed E-state index contributed by atoms with van der Waals surface area (Å²) < 4.78 is 5.02. The van der Waals surface area contributed by atoms with Gasteiger partial charge in [0, 0.05) is 38.3 Å². The van der Waals surface area contributed by atoms with E-state index in [0.29, 0.717) is 17.5 Å². The molecule has 0 spiro atoms. The molecule has 0 unspecified atom stereocenters. The van der Waals surface area contributed by atoms with Crippen molar-refractivity contribution in [2.45, 2.75) is 32.2 Å². The van der Waals surface area contributed by atoms with Crippen molar-refractivity contribution in [3.8, 4) is 0 Å². The largest absolute Gasteiger partial charge is 0.361 e. The van der Waals surface area contributed by atoms with E-state index in [-0.39, 0.29) is 5.91 Å². The standard InChI is InChI=1S/C19H23N3O2/c1-14-12-18(20-24-14)19(23)22-10-8-21(9-11-22)17-7-6-15-4-2-3-5-16(15)13-17/h2-5,12,17H,6-11,13H2,1H3/t17-/m0/s1. The van der Waals surface area contributed by atoms with E-state index in [4.69, 9.17) is 4.52 Å². The van der Waals surface area contributed by atoms with Crippen LogP contribution in [0.1, 0.15) is 33.8 Å². The van der Waals surface area contributed by atoms with Crippen molar-refractivity contribution in [1.29, 1.82) is 0 Å². The number of hydrogen-bond acceptors (Lipinski definition) is 4. The van der Waals surface area contributed by atoms with Crippen molar-refractivity contribution in [1.82, 2.24) is 15.0 Å². The van der Waals surface area contributed by atoms with Gasteiger partial charge in [-0.05, 0) is 37.3 Å². The highest BCUT2D eigenvalue weighted by Gasteiger charge is 2.29. The van der Waals surface area contributed by atoms with E-state index in [1.54, 1.807) is 6.07 Å². The third kappa shape index (κ3) is 2.96. The lowest BCUT2D eigenvalue weighted by molar-refractivity contribution is 0.0544. The highest BCUT2D eigenvalue weighted by Crippen LogP contribution is 2.25. The average molecular weight is 325 g/mol. The summed E-state index contributed by atoms with van der Waals surface area (Å²) in [6, 6.07) is 11.1. The smallest absolute Gasteiger partial charge is 0.276 e. The van der Waals surface area contributed by atoms with Crippen molar-refractivity contribution < 1.29 is 9.32 Å². The molecule has 0 saturated carbocycles. The van der Waals surface area contributed by atoms with Gasteiger partial charge in [0.2, 0.25) is 0 Å². The zero-order valence-corrected chi connectivity index (χ0v) is 14.1. The molecule has 1 aromatic carbocycles. The van der Waals surface area contributed by atoms with Crippen LogP contribution in [0.3, 0.4) is 0 Å². The molecule has 1 aromatic heterocycles. The Bertz CT molecular complexity index is 732. The average Bonchev–Trinajstić information content (AvgIpc) is 3.07. The molecule has 1 amide bonds. The molecule has 126 valence electrons. The molecule has 0 bridgehead atoms. The number of piperazine rings is 1. The quantitative estimate of drug-likeness (QED) is 0.850. The first-order valence-electron chi connectivity index (χ1n) is 8.74. The highest BCUT2D eigenvalue weighted by atomic mass is 16.5. The van der Waals surface area contributed by atoms with E-state index in [1.807, 2.05) is 11.8 Å². The Morgan fingerprint density at radius 3 is 2.62 bits per heavy atom. The number of amides is 1. The van der Waals surface area contributed by atoms with Gasteiger partial charge in [-0.25, -0.2) is 0 Å². The molecule has 24 heavy (non-hydrogen) atoms. The first-order chi connectivity index (χ1) is 11.7. The number of benzene rings is 1. The third-order valence-electron chi connectivity index (χ3n) is 5.29. The normalized spacial score (nSPS) is 21.5. The summed E-state index contributed by atoms with van der Waals surface area (Å²) in [4.78, 5) is 16.9. The molecule has 1 fully saturated rings. The monoisotopic (exact) mass is 325 g/mol. The third-order valence-corrected chi connectivity index (χ3v) is 5.29. The Hall–Kier alpha value is -2.14. The van der Waals surface area contributed by atoms with Gasteiger partial charge < -0.3 is 9.42 Å². The molecule has 2 aliphatic rings. The van der Waals surface area contributed by atoms with Gasteiger partial charge in [0.25, 0.3) is 5.91 Å². The van der Waals surface area contributed by atoms with Crippen molar-refractivity contribution in [3.63, 3.8) is 0 Å². The number of hydrogen-bond donors (Lipinski definition) is 0. The minimum Gasteiger partial charge on any atom is -0.361 e. The Morgan fingerprint density at radius 2 is 1.92 bits per heavy atom. The predicted octanol–water partition coefficient (Wildman–Crippen LogP) is 2.30. The van der Waals surface area contributed by atoms with E-state index in [0.717, 1.165) is 39.0 Å². The van der Waals surface area contributed by atoms with Crippen LogP contribution in [0, 0.1) is 6.92 Å². The maximum atomic E-state index is 12.4. The van der Waals surface area contributed by atoms with E-state index < -0.39 is 0 Å². The number of nitrogens with zero attached hydrogens (tertiary/aromatic N) is 3. The zero-order valence-electron chi connectivity index (χ0n) is 14.1. The van der Waals surface area contributed by atoms with Crippen LogP contribution < -0.4 is 0 Å². The number of aryl methyl sites for hydroxylation is 2. The molecule has 4 rings (SSSR count). The topological polar surface area (TPSA) is 49.6 Å². The van der Waals surface area contributed by atoms with Crippen LogP contribution in [0.4, 0.5) is 0 Å². The van der Waals surface area contributed by atoms with E-state index in [9.17, 15) is 4.79 Å². The maximum absolute atomic E-state index is 12.4. The molecular formula is C19H23N3O2. The molecule has 1 aliphatic heterocycles. The van der Waals surface area contributed by atoms with Gasteiger partial charge in [-0.15, -0.1) is 0 Å². The fraction of sp³-hybridized carbons (Fsp3) is 0.474. The number of fused-ring (bicyclic) bond motifs is 1. The number of carbonyl (C=O) groups excluding carboxylic acids is 1. The van der Waals surface area contributed by atoms with Gasteiger partial charge in [0.05, 0.1) is 0 Å². The lowest BCUT2D eigenvalue weighted by Gasteiger charge is -2.41. The molecule has 5 heteroatoms. The Kier molecular flexibility index (Phi) is 4.10. The summed E-state index contributed by atoms with van der Waals surface area (Å²) in [6.45, 7) is 5.22. The van der Waals surface area contributed by atoms with E-state index in [2.05, 4.69) is 34.3 Å². The van der Waals surface area contributed by atoms with Gasteiger partial charge in [-0.2, -0.15) is 0 Å². The SMILES string of the molecule is Cc1cc(C(=O)N2CCN([C@H]3CCc4ccccc4C3)CC2)no1. The lowest BCUT2D eigenvalue weighted by atomic mass is 9.87. The minimum absolute atomic E-state index is 0.0134. The minimum atomic E-state index is -0.0134. The fourth-order valence-electron chi connectivity index (χ4n) is 3.91. The second-order valence-electron chi connectivity index (χ2n) is 6.82. The van der Waals surface area contributed by atoms with E-state index >= 15 is 0 Å². The second-order valence-corrected chi connectivity index (χ2v) is 6.82. The molecule has 2 heterocycles. The first-order valence-corrected chi connectivity index (χ1v) is 8.74. The Morgan fingerprint density at radius 1 is 1.17 bits per heavy atom. The van der Waals surface area contributed by atoms with Crippen LogP contribution in [0.15, 0.2) is 34.9 Å². The fourth-order valence-corrected chi connectivity index (χ4v) is 3.91. The Labute approximate surface area is 142 Å². The zero-order chi connectivity index (χ0) is 16.5. The van der Waals surface area contributed by atoms with Crippen LogP contribution in [-0.4, -0.2) is 53.1 Å². The van der Waals surface area contributed by atoms with Crippen molar-refractivity contribution >= 4 is 5.91 Å². The number of aromatic nitrogens is 1. The molecule has 1 saturated heterocycles. The predicted molar refractivity (Wildman–Crippen MR) is 91.0 cm³/mol. The molecule has 1 atom stereocenters. The number of carbonyl (C=O) groups is 1. The van der Waals surface area contributed by atoms with Gasteiger partial charge in [0.1, 0.15) is 5.76 Å². The van der Waals surface area contributed by atoms with Gasteiger partial charge in [-0.3, -0.25) is 9.69 Å². The van der Waals surface area contributed by atoms with Crippen LogP contribution in [0.5, 0.6) is 0 Å². The van der Waals surface area contributed by atoms with Gasteiger partial charge in [-0.1, -0.05) is 29.4 Å². The summed E-state index contributed by atoms with van der Waals surface area (Å²) >= 11 is 0. The van der Waals surface area contributed by atoms with Crippen molar-refractivity contribution in [2.24, 2.45) is 0 Å². The van der Waals surface area contributed by atoms with Crippen molar-refractivity contribution in [3.05, 3.63) is 52.9 Å². The van der Waals surface area contributed by atoms with Crippen molar-refractivity contribution in [2.75, 3.05) is 26.2 Å². The molecule has 0 radical (unpaired) electrons. The molecule has 0 N–H and O–H groups in total. The Balaban J connectivity index is 1.36. The van der Waals surface area contributed by atoms with Crippen LogP contribution in [0.25, 0.3) is 0 Å². The second kappa shape index (κ2) is 6.40. The molecule has 5 nitrogen and oxygen atoms in total. The van der Waals surface area contributed by atoms with Crippen LogP contribution in [-0.2, 0) is 12.8 Å². The van der Waals surface area contributed by atoms with Crippen LogP contribution in [0.2, 0.25) is 0 Å². The molecular weight excluding hydrogens is 302 g/mol. The summed E-state index contributed by atoms with van der Waals surface area (Å²) in [5.41, 5.74) is 3.42. The van der Waals surface area contributed by atoms with Gasteiger partial charge >= 0.3 is 0 Å². The highest BCUT2D eigenvalue weighted by molar-refractivity contribution is 5.92. The maximum Gasteiger partial charge on any atom is 0.276 e. The molecule has 2 aromatic rings. The lowest BCUT2D eigenvalue weighted by Crippen LogP contribution is -2.53. The summed E-state index contributed by atoms with van der Waals surface area (Å²) in [5, 5.41) is 3.84. The van der Waals surface area contributed by atoms with Crippen LogP contribution >= 0.6 is 0 Å². The first kappa shape index (κ1) is 15.4. The number of rotatable bonds is 2. The summed E-state index contributed by atoms with van der Waals surface area (Å²) in [7, 11) is 0. The summed E-state index contributed by atoms with van der Waals surface area (Å²) in [5.74, 6) is 0.665. The molecule has 1 aliphatic carbocycles.